The summed E-state index contributed by atoms with van der Waals surface area (Å²) in [5, 5.41) is 0. The Kier molecular flexibility index (Phi) is 2.45. The number of nitrogens with two attached hydrogens (primary N) is 1. The first-order valence-electron chi connectivity index (χ1n) is 4.11. The summed E-state index contributed by atoms with van der Waals surface area (Å²) in [7, 11) is 0. The van der Waals surface area contributed by atoms with Crippen molar-refractivity contribution in [3.8, 4) is 11.3 Å². The maximum Gasteiger partial charge on any atom is 0.157 e. The van der Waals surface area contributed by atoms with E-state index in [1.54, 1.807) is 6.20 Å². The van der Waals surface area contributed by atoms with Crippen LogP contribution in [-0.2, 0) is 0 Å². The van der Waals surface area contributed by atoms with Gasteiger partial charge in [-0.2, -0.15) is 0 Å². The predicted octanol–water partition coefficient (Wildman–Crippen LogP) is 2.49. The number of aromatic nitrogens is 2. The molecule has 0 atom stereocenters. The maximum atomic E-state index is 5.64. The van der Waals surface area contributed by atoms with Gasteiger partial charge in [-0.3, -0.25) is 0 Å². The van der Waals surface area contributed by atoms with E-state index in [1.165, 1.54) is 0 Å². The Morgan fingerprint density at radius 2 is 1.86 bits per heavy atom. The molecule has 14 heavy (non-hydrogen) atoms. The molecule has 0 aliphatic carbocycles. The van der Waals surface area contributed by atoms with Crippen LogP contribution in [0.15, 0.2) is 41.1 Å². The second kappa shape index (κ2) is 3.75. The molecule has 0 saturated carbocycles. The van der Waals surface area contributed by atoms with Crippen molar-refractivity contribution in [1.82, 2.24) is 9.97 Å². The average Bonchev–Trinajstić information content (AvgIpc) is 2.23. The summed E-state index contributed by atoms with van der Waals surface area (Å²) in [5.41, 5.74) is 7.43. The Bertz CT molecular complexity index is 442. The second-order valence-corrected chi connectivity index (χ2v) is 3.55. The van der Waals surface area contributed by atoms with Crippen molar-refractivity contribution in [3.63, 3.8) is 0 Å². The summed E-state index contributed by atoms with van der Waals surface area (Å²) in [4.78, 5) is 8.30. The number of hydrogen-bond acceptors (Lipinski definition) is 3. The fraction of sp³-hybridized carbons (Fsp3) is 0. The summed E-state index contributed by atoms with van der Waals surface area (Å²) >= 11 is 3.20. The first kappa shape index (κ1) is 9.15. The van der Waals surface area contributed by atoms with Gasteiger partial charge >= 0.3 is 0 Å². The molecule has 2 rings (SSSR count). The molecule has 2 aromatic rings. The Balaban J connectivity index is 2.48. The van der Waals surface area contributed by atoms with Crippen LogP contribution in [0, 0.1) is 0 Å². The van der Waals surface area contributed by atoms with E-state index in [9.17, 15) is 0 Å². The Hall–Kier alpha value is -1.42. The van der Waals surface area contributed by atoms with Gasteiger partial charge in [0.15, 0.2) is 5.82 Å². The molecular formula is C10H8BrN3. The van der Waals surface area contributed by atoms with Gasteiger partial charge in [0.25, 0.3) is 0 Å². The van der Waals surface area contributed by atoms with E-state index in [0.29, 0.717) is 10.4 Å². The van der Waals surface area contributed by atoms with Crippen molar-refractivity contribution in [2.24, 2.45) is 0 Å². The molecule has 0 spiro atoms. The SMILES string of the molecule is Nc1nc(-c2ccccc2)cnc1Br. The summed E-state index contributed by atoms with van der Waals surface area (Å²) in [6.45, 7) is 0. The molecular weight excluding hydrogens is 242 g/mol. The third-order valence-electron chi connectivity index (χ3n) is 1.82. The number of rotatable bonds is 1. The normalized spacial score (nSPS) is 10.1. The van der Waals surface area contributed by atoms with E-state index in [4.69, 9.17) is 5.73 Å². The van der Waals surface area contributed by atoms with Gasteiger partial charge in [0.05, 0.1) is 11.9 Å². The largest absolute Gasteiger partial charge is 0.381 e. The van der Waals surface area contributed by atoms with Crippen molar-refractivity contribution < 1.29 is 0 Å². The fourth-order valence-electron chi connectivity index (χ4n) is 1.14. The van der Waals surface area contributed by atoms with Crippen LogP contribution in [0.5, 0.6) is 0 Å². The van der Waals surface area contributed by atoms with Gasteiger partial charge in [0.2, 0.25) is 0 Å². The van der Waals surface area contributed by atoms with E-state index in [0.717, 1.165) is 11.3 Å². The number of hydrogen-bond donors (Lipinski definition) is 1. The van der Waals surface area contributed by atoms with E-state index < -0.39 is 0 Å². The van der Waals surface area contributed by atoms with Crippen LogP contribution < -0.4 is 5.73 Å². The lowest BCUT2D eigenvalue weighted by Crippen LogP contribution is -1.95. The van der Waals surface area contributed by atoms with Gasteiger partial charge in [-0.1, -0.05) is 30.3 Å². The number of halogens is 1. The Morgan fingerprint density at radius 1 is 1.14 bits per heavy atom. The molecule has 0 amide bonds. The molecule has 0 fully saturated rings. The lowest BCUT2D eigenvalue weighted by atomic mass is 10.2. The van der Waals surface area contributed by atoms with Crippen LogP contribution in [0.3, 0.4) is 0 Å². The van der Waals surface area contributed by atoms with Crippen molar-refractivity contribution >= 4 is 21.7 Å². The molecule has 2 N–H and O–H groups in total. The first-order chi connectivity index (χ1) is 6.77. The third-order valence-corrected chi connectivity index (χ3v) is 2.43. The molecule has 3 nitrogen and oxygen atoms in total. The number of benzene rings is 1. The van der Waals surface area contributed by atoms with Crippen LogP contribution >= 0.6 is 15.9 Å². The smallest absolute Gasteiger partial charge is 0.157 e. The summed E-state index contributed by atoms with van der Waals surface area (Å²) in [5.74, 6) is 0.409. The molecule has 0 aliphatic rings. The highest BCUT2D eigenvalue weighted by Gasteiger charge is 2.02. The number of nitrogen functional groups attached to an aromatic ring is 1. The molecule has 0 saturated heterocycles. The summed E-state index contributed by atoms with van der Waals surface area (Å²) in [6, 6.07) is 9.80. The summed E-state index contributed by atoms with van der Waals surface area (Å²) < 4.78 is 0.581. The van der Waals surface area contributed by atoms with Gasteiger partial charge in [0.1, 0.15) is 4.60 Å². The maximum absolute atomic E-state index is 5.64. The highest BCUT2D eigenvalue weighted by molar-refractivity contribution is 9.10. The molecule has 1 heterocycles. The van der Waals surface area contributed by atoms with Gasteiger partial charge in [-0.05, 0) is 15.9 Å². The van der Waals surface area contributed by atoms with Gasteiger partial charge < -0.3 is 5.73 Å². The predicted molar refractivity (Wildman–Crippen MR) is 59.6 cm³/mol. The van der Waals surface area contributed by atoms with Crippen molar-refractivity contribution in [3.05, 3.63) is 41.1 Å². The highest BCUT2D eigenvalue weighted by Crippen LogP contribution is 2.20. The topological polar surface area (TPSA) is 51.8 Å². The van der Waals surface area contributed by atoms with Gasteiger partial charge in [-0.15, -0.1) is 0 Å². The highest BCUT2D eigenvalue weighted by atomic mass is 79.9. The minimum atomic E-state index is 0.409. The molecule has 0 unspecified atom stereocenters. The third kappa shape index (κ3) is 1.75. The van der Waals surface area contributed by atoms with Crippen molar-refractivity contribution in [1.29, 1.82) is 0 Å². The van der Waals surface area contributed by atoms with Crippen LogP contribution in [0.4, 0.5) is 5.82 Å². The monoisotopic (exact) mass is 249 g/mol. The molecule has 0 radical (unpaired) electrons. The van der Waals surface area contributed by atoms with E-state index in [2.05, 4.69) is 25.9 Å². The van der Waals surface area contributed by atoms with E-state index in [-0.39, 0.29) is 0 Å². The van der Waals surface area contributed by atoms with E-state index in [1.807, 2.05) is 30.3 Å². The molecule has 4 heteroatoms. The molecule has 1 aromatic heterocycles. The van der Waals surface area contributed by atoms with Crippen LogP contribution in [-0.4, -0.2) is 9.97 Å². The average molecular weight is 250 g/mol. The fourth-order valence-corrected chi connectivity index (χ4v) is 1.33. The molecule has 70 valence electrons. The molecule has 0 aliphatic heterocycles. The number of nitrogens with zero attached hydrogens (tertiary/aromatic N) is 2. The molecule has 0 bridgehead atoms. The zero-order chi connectivity index (χ0) is 9.97. The Morgan fingerprint density at radius 3 is 2.50 bits per heavy atom. The lowest BCUT2D eigenvalue weighted by molar-refractivity contribution is 1.18. The summed E-state index contributed by atoms with van der Waals surface area (Å²) in [6.07, 6.45) is 1.69. The standard InChI is InChI=1S/C10H8BrN3/c11-9-10(12)14-8(6-13-9)7-4-2-1-3-5-7/h1-6H,(H2,12,14). The van der Waals surface area contributed by atoms with E-state index >= 15 is 0 Å². The van der Waals surface area contributed by atoms with Gasteiger partial charge in [-0.25, -0.2) is 9.97 Å². The van der Waals surface area contributed by atoms with Crippen molar-refractivity contribution in [2.45, 2.75) is 0 Å². The number of anilines is 1. The lowest BCUT2D eigenvalue weighted by Gasteiger charge is -2.01. The van der Waals surface area contributed by atoms with Gasteiger partial charge in [0, 0.05) is 5.56 Å². The quantitative estimate of drug-likeness (QED) is 0.845. The zero-order valence-electron chi connectivity index (χ0n) is 7.31. The van der Waals surface area contributed by atoms with Crippen LogP contribution in [0.2, 0.25) is 0 Å². The minimum absolute atomic E-state index is 0.409. The van der Waals surface area contributed by atoms with Crippen LogP contribution in [0.1, 0.15) is 0 Å². The Labute approximate surface area is 90.1 Å². The zero-order valence-corrected chi connectivity index (χ0v) is 8.90. The minimum Gasteiger partial charge on any atom is -0.381 e. The second-order valence-electron chi connectivity index (χ2n) is 2.80. The molecule has 1 aromatic carbocycles. The van der Waals surface area contributed by atoms with Crippen molar-refractivity contribution in [2.75, 3.05) is 5.73 Å². The van der Waals surface area contributed by atoms with Crippen LogP contribution in [0.25, 0.3) is 11.3 Å². The first-order valence-corrected chi connectivity index (χ1v) is 4.90.